The molecule has 0 N–H and O–H groups in total. The number of aryl methyl sites for hydroxylation is 2. The molecule has 0 unspecified atom stereocenters. The van der Waals surface area contributed by atoms with Crippen LogP contribution in [0.4, 0.5) is 5.69 Å². The maximum atomic E-state index is 12.5. The van der Waals surface area contributed by atoms with Crippen molar-refractivity contribution in [1.29, 1.82) is 5.26 Å². The zero-order valence-corrected chi connectivity index (χ0v) is 18.1. The lowest BCUT2D eigenvalue weighted by atomic mass is 9.96. The van der Waals surface area contributed by atoms with Gasteiger partial charge in [-0.3, -0.25) is 4.79 Å². The van der Waals surface area contributed by atoms with Crippen LogP contribution in [-0.4, -0.2) is 38.7 Å². The molecule has 0 amide bonds. The Labute approximate surface area is 181 Å². The van der Waals surface area contributed by atoms with E-state index in [-0.39, 0.29) is 17.6 Å². The highest BCUT2D eigenvalue weighted by molar-refractivity contribution is 5.88. The summed E-state index contributed by atoms with van der Waals surface area (Å²) < 4.78 is 7.64. The summed E-state index contributed by atoms with van der Waals surface area (Å²) in [5.74, 6) is 0.200. The third kappa shape index (κ3) is 4.22. The van der Waals surface area contributed by atoms with E-state index in [2.05, 4.69) is 39.8 Å². The highest BCUT2D eigenvalue weighted by Crippen LogP contribution is 2.29. The summed E-state index contributed by atoms with van der Waals surface area (Å²) in [6.45, 7) is 5.67. The molecule has 4 heterocycles. The Hall–Kier alpha value is -3.47. The fourth-order valence-electron chi connectivity index (χ4n) is 4.09. The predicted octanol–water partition coefficient (Wildman–Crippen LogP) is 2.84. The van der Waals surface area contributed by atoms with Crippen molar-refractivity contribution in [3.63, 3.8) is 0 Å². The Kier molecular flexibility index (Phi) is 5.85. The SMILES string of the molecule is CCCc1cnc(O[C@H]2CCN(c3cc(=O)n(C)c4ccc(C#N)nc34)C[C@H]2C)nc1. The van der Waals surface area contributed by atoms with Crippen LogP contribution in [-0.2, 0) is 13.5 Å². The highest BCUT2D eigenvalue weighted by Gasteiger charge is 2.30. The first kappa shape index (κ1) is 20.8. The van der Waals surface area contributed by atoms with Crippen molar-refractivity contribution in [2.75, 3.05) is 18.0 Å². The lowest BCUT2D eigenvalue weighted by molar-refractivity contribution is 0.110. The summed E-state index contributed by atoms with van der Waals surface area (Å²) in [5, 5.41) is 9.26. The Morgan fingerprint density at radius 2 is 2.06 bits per heavy atom. The molecule has 4 rings (SSSR count). The second-order valence-electron chi connectivity index (χ2n) is 8.10. The molecule has 1 fully saturated rings. The molecule has 8 heteroatoms. The van der Waals surface area contributed by atoms with Gasteiger partial charge in [0.15, 0.2) is 0 Å². The zero-order chi connectivity index (χ0) is 22.0. The van der Waals surface area contributed by atoms with Crippen LogP contribution >= 0.6 is 0 Å². The number of ether oxygens (including phenoxy) is 1. The number of nitriles is 1. The maximum absolute atomic E-state index is 12.5. The van der Waals surface area contributed by atoms with Crippen molar-refractivity contribution in [3.8, 4) is 12.1 Å². The van der Waals surface area contributed by atoms with E-state index in [9.17, 15) is 10.1 Å². The number of nitrogens with zero attached hydrogens (tertiary/aromatic N) is 6. The van der Waals surface area contributed by atoms with Crippen LogP contribution in [0.25, 0.3) is 11.0 Å². The largest absolute Gasteiger partial charge is 0.460 e. The molecule has 1 aliphatic rings. The van der Waals surface area contributed by atoms with E-state index in [0.717, 1.165) is 30.5 Å². The third-order valence-electron chi connectivity index (χ3n) is 5.83. The maximum Gasteiger partial charge on any atom is 0.316 e. The quantitative estimate of drug-likeness (QED) is 0.628. The number of aromatic nitrogens is 4. The van der Waals surface area contributed by atoms with Crippen LogP contribution in [0, 0.1) is 17.2 Å². The Morgan fingerprint density at radius 1 is 1.29 bits per heavy atom. The molecule has 1 saturated heterocycles. The normalized spacial score (nSPS) is 18.7. The fourth-order valence-corrected chi connectivity index (χ4v) is 4.09. The Balaban J connectivity index is 1.55. The average Bonchev–Trinajstić information content (AvgIpc) is 2.78. The number of pyridine rings is 2. The van der Waals surface area contributed by atoms with Crippen LogP contribution in [0.1, 0.15) is 37.9 Å². The van der Waals surface area contributed by atoms with Gasteiger partial charge in [0.25, 0.3) is 5.56 Å². The monoisotopic (exact) mass is 418 g/mol. The van der Waals surface area contributed by atoms with Crippen molar-refractivity contribution in [1.82, 2.24) is 19.5 Å². The summed E-state index contributed by atoms with van der Waals surface area (Å²) in [5.41, 5.74) is 3.50. The first-order chi connectivity index (χ1) is 15.0. The molecular formula is C23H26N6O2. The fraction of sp³-hybridized carbons (Fsp3) is 0.435. The van der Waals surface area contributed by atoms with E-state index < -0.39 is 0 Å². The molecule has 0 aliphatic carbocycles. The number of hydrogen-bond donors (Lipinski definition) is 0. The second-order valence-corrected chi connectivity index (χ2v) is 8.10. The first-order valence-electron chi connectivity index (χ1n) is 10.6. The number of rotatable bonds is 5. The van der Waals surface area contributed by atoms with Gasteiger partial charge in [-0.2, -0.15) is 5.26 Å². The van der Waals surface area contributed by atoms with Crippen molar-refractivity contribution in [2.45, 2.75) is 39.2 Å². The van der Waals surface area contributed by atoms with Gasteiger partial charge in [-0.1, -0.05) is 20.3 Å². The molecule has 3 aromatic rings. The number of anilines is 1. The van der Waals surface area contributed by atoms with E-state index in [1.165, 1.54) is 0 Å². The highest BCUT2D eigenvalue weighted by atomic mass is 16.5. The molecule has 1 aliphatic heterocycles. The van der Waals surface area contributed by atoms with Gasteiger partial charge in [-0.15, -0.1) is 0 Å². The van der Waals surface area contributed by atoms with Crippen molar-refractivity contribution < 1.29 is 4.74 Å². The number of piperidine rings is 1. The summed E-state index contributed by atoms with van der Waals surface area (Å²) in [6, 6.07) is 7.53. The molecule has 0 aromatic carbocycles. The standard InChI is InChI=1S/C23H26N6O2/c1-4-5-16-12-25-23(26-13-16)31-20-8-9-29(14-15(20)2)19-10-21(30)28(3)18-7-6-17(11-24)27-22(18)19/h6-7,10,12-13,15,20H,4-5,8-9,14H2,1-3H3/t15-,20+/m1/s1. The van der Waals surface area contributed by atoms with Crippen molar-refractivity contribution in [3.05, 3.63) is 52.2 Å². The van der Waals surface area contributed by atoms with E-state index in [1.807, 2.05) is 12.4 Å². The molecule has 0 spiro atoms. The molecule has 3 aromatic heterocycles. The molecular weight excluding hydrogens is 392 g/mol. The smallest absolute Gasteiger partial charge is 0.316 e. The van der Waals surface area contributed by atoms with Crippen LogP contribution in [0.15, 0.2) is 35.4 Å². The minimum absolute atomic E-state index is 0.00582. The zero-order valence-electron chi connectivity index (χ0n) is 18.1. The molecule has 31 heavy (non-hydrogen) atoms. The molecule has 0 saturated carbocycles. The lowest BCUT2D eigenvalue weighted by Crippen LogP contribution is -2.45. The minimum atomic E-state index is -0.0967. The molecule has 8 nitrogen and oxygen atoms in total. The van der Waals surface area contributed by atoms with Gasteiger partial charge in [0, 0.05) is 50.9 Å². The number of hydrogen-bond acceptors (Lipinski definition) is 7. The van der Waals surface area contributed by atoms with Gasteiger partial charge in [0.05, 0.1) is 11.2 Å². The first-order valence-corrected chi connectivity index (χ1v) is 10.6. The molecule has 0 bridgehead atoms. The van der Waals surface area contributed by atoms with Gasteiger partial charge in [-0.05, 0) is 24.1 Å². The van der Waals surface area contributed by atoms with E-state index >= 15 is 0 Å². The summed E-state index contributed by atoms with van der Waals surface area (Å²) >= 11 is 0. The minimum Gasteiger partial charge on any atom is -0.460 e. The third-order valence-corrected chi connectivity index (χ3v) is 5.83. The molecule has 2 atom stereocenters. The van der Waals surface area contributed by atoms with Crippen LogP contribution in [0.2, 0.25) is 0 Å². The van der Waals surface area contributed by atoms with Crippen LogP contribution in [0.3, 0.4) is 0 Å². The average molecular weight is 419 g/mol. The van der Waals surface area contributed by atoms with E-state index in [0.29, 0.717) is 35.8 Å². The lowest BCUT2D eigenvalue weighted by Gasteiger charge is -2.38. The van der Waals surface area contributed by atoms with Gasteiger partial charge in [-0.25, -0.2) is 15.0 Å². The molecule has 160 valence electrons. The molecule has 0 radical (unpaired) electrons. The predicted molar refractivity (Wildman–Crippen MR) is 118 cm³/mol. The number of fused-ring (bicyclic) bond motifs is 1. The van der Waals surface area contributed by atoms with Crippen molar-refractivity contribution in [2.24, 2.45) is 13.0 Å². The Bertz CT molecular complexity index is 1180. The second kappa shape index (κ2) is 8.72. The van der Waals surface area contributed by atoms with Crippen LogP contribution < -0.4 is 15.2 Å². The summed E-state index contributed by atoms with van der Waals surface area (Å²) in [6.07, 6.45) is 6.44. The topological polar surface area (TPSA) is 96.9 Å². The van der Waals surface area contributed by atoms with Gasteiger partial charge >= 0.3 is 6.01 Å². The van der Waals surface area contributed by atoms with Gasteiger partial charge in [0.1, 0.15) is 23.4 Å². The van der Waals surface area contributed by atoms with Crippen LogP contribution in [0.5, 0.6) is 6.01 Å². The summed E-state index contributed by atoms with van der Waals surface area (Å²) in [4.78, 5) is 27.9. The van der Waals surface area contributed by atoms with Crippen molar-refractivity contribution >= 4 is 16.7 Å². The summed E-state index contributed by atoms with van der Waals surface area (Å²) in [7, 11) is 1.72. The van der Waals surface area contributed by atoms with Gasteiger partial charge < -0.3 is 14.2 Å². The Morgan fingerprint density at radius 3 is 2.74 bits per heavy atom. The van der Waals surface area contributed by atoms with E-state index in [4.69, 9.17) is 4.74 Å². The van der Waals surface area contributed by atoms with E-state index in [1.54, 1.807) is 29.8 Å². The van der Waals surface area contributed by atoms with Gasteiger partial charge in [0.2, 0.25) is 0 Å².